The van der Waals surface area contributed by atoms with Crippen molar-refractivity contribution in [3.05, 3.63) is 12.2 Å². The average Bonchev–Trinajstić information content (AvgIpc) is 3.62. The molecule has 1 fully saturated rings. The Labute approximate surface area is 511 Å². The lowest BCUT2D eigenvalue weighted by atomic mass is 9.84. The summed E-state index contributed by atoms with van der Waals surface area (Å²) >= 11 is 0. The zero-order valence-electron chi connectivity index (χ0n) is 56.7. The first-order chi connectivity index (χ1) is 39.2. The molecule has 1 saturated heterocycles. The molecule has 0 spiro atoms. The molecular formula is C65H114N8O12. The lowest BCUT2D eigenvalue weighted by molar-refractivity contribution is -0.157. The summed E-state index contributed by atoms with van der Waals surface area (Å²) in [5, 5.41) is 14.9. The van der Waals surface area contributed by atoms with Crippen molar-refractivity contribution >= 4 is 64.6 Å². The summed E-state index contributed by atoms with van der Waals surface area (Å²) in [7, 11) is 10.2. The first-order valence-electron chi connectivity index (χ1n) is 31.2. The summed E-state index contributed by atoms with van der Waals surface area (Å²) in [5.41, 5.74) is 0. The van der Waals surface area contributed by atoms with E-state index in [0.717, 1.165) is 4.90 Å². The number of carbonyl (C=O) groups excluding carboxylic acids is 11. The molecule has 0 bridgehead atoms. The summed E-state index contributed by atoms with van der Waals surface area (Å²) in [6.45, 7) is 30.1. The predicted molar refractivity (Wildman–Crippen MR) is 332 cm³/mol. The molecule has 0 aromatic heterocycles. The van der Waals surface area contributed by atoms with Crippen molar-refractivity contribution in [2.75, 3.05) is 55.9 Å². The number of nitrogens with one attached hydrogen (secondary N) is 1. The lowest BCUT2D eigenvalue weighted by Gasteiger charge is -2.41. The van der Waals surface area contributed by atoms with Crippen LogP contribution in [0.15, 0.2) is 12.2 Å². The minimum absolute atomic E-state index is 0.0648. The van der Waals surface area contributed by atoms with Crippen molar-refractivity contribution in [1.82, 2.24) is 39.6 Å². The summed E-state index contributed by atoms with van der Waals surface area (Å²) in [5.74, 6) is -10.7. The maximum absolute atomic E-state index is 15.2. The van der Waals surface area contributed by atoms with E-state index < -0.39 is 144 Å². The van der Waals surface area contributed by atoms with Crippen LogP contribution in [0.25, 0.3) is 0 Å². The fourth-order valence-corrected chi connectivity index (χ4v) is 11.5. The third kappa shape index (κ3) is 22.0. The molecule has 1 rings (SSSR count). The molecule has 0 radical (unpaired) electrons. The summed E-state index contributed by atoms with van der Waals surface area (Å²) in [4.78, 5) is 170. The maximum atomic E-state index is 15.2. The third-order valence-electron chi connectivity index (χ3n) is 17.1. The average molecular weight is 1200 g/mol. The van der Waals surface area contributed by atoms with Crippen molar-refractivity contribution in [3.8, 4) is 0 Å². The second-order valence-corrected chi connectivity index (χ2v) is 27.0. The number of hydrogen-bond acceptors (Lipinski definition) is 12. The van der Waals surface area contributed by atoms with E-state index in [9.17, 15) is 48.3 Å². The van der Waals surface area contributed by atoms with Gasteiger partial charge < -0.3 is 44.7 Å². The van der Waals surface area contributed by atoms with Crippen LogP contribution in [0.2, 0.25) is 0 Å². The Morgan fingerprint density at radius 3 is 1.36 bits per heavy atom. The maximum Gasteiger partial charge on any atom is 0.246 e. The van der Waals surface area contributed by atoms with Gasteiger partial charge in [0.1, 0.15) is 30.2 Å². The van der Waals surface area contributed by atoms with Gasteiger partial charge in [-0.2, -0.15) is 0 Å². The normalized spacial score (nSPS) is 27.2. The van der Waals surface area contributed by atoms with Crippen molar-refractivity contribution in [1.29, 1.82) is 0 Å². The molecule has 0 aromatic rings. The molecule has 2 N–H and O–H groups in total. The van der Waals surface area contributed by atoms with Crippen LogP contribution in [0, 0.1) is 59.2 Å². The molecule has 20 nitrogen and oxygen atoms in total. The van der Waals surface area contributed by atoms with Gasteiger partial charge in [0.15, 0.2) is 17.3 Å². The van der Waals surface area contributed by atoms with Crippen LogP contribution in [-0.2, 0) is 52.7 Å². The van der Waals surface area contributed by atoms with E-state index in [2.05, 4.69) is 5.32 Å². The van der Waals surface area contributed by atoms with Crippen LogP contribution >= 0.6 is 0 Å². The zero-order valence-corrected chi connectivity index (χ0v) is 56.7. The molecule has 1 heterocycles. The Morgan fingerprint density at radius 1 is 0.494 bits per heavy atom. The van der Waals surface area contributed by atoms with Crippen LogP contribution in [0.5, 0.6) is 0 Å². The number of rotatable bonds is 15. The highest BCUT2D eigenvalue weighted by atomic mass is 16.3. The second-order valence-electron chi connectivity index (χ2n) is 27.0. The van der Waals surface area contributed by atoms with Crippen molar-refractivity contribution in [2.45, 2.75) is 224 Å². The number of amides is 8. The second kappa shape index (κ2) is 35.3. The van der Waals surface area contributed by atoms with Crippen LogP contribution in [0.1, 0.15) is 175 Å². The van der Waals surface area contributed by atoms with Crippen LogP contribution in [0.4, 0.5) is 0 Å². The largest absolute Gasteiger partial charge is 0.390 e. The Kier molecular flexibility index (Phi) is 32.2. The van der Waals surface area contributed by atoms with Gasteiger partial charge in [0.25, 0.3) is 0 Å². The van der Waals surface area contributed by atoms with Gasteiger partial charge in [-0.15, -0.1) is 0 Å². The number of aliphatic hydroxyl groups is 1. The zero-order chi connectivity index (χ0) is 66.0. The van der Waals surface area contributed by atoms with E-state index >= 15 is 9.59 Å². The molecular weight excluding hydrogens is 1080 g/mol. The van der Waals surface area contributed by atoms with Crippen LogP contribution in [0.3, 0.4) is 0 Å². The number of likely N-dealkylation sites (N-methyl/N-ethyl adjacent to an activating group) is 7. The van der Waals surface area contributed by atoms with Gasteiger partial charge in [0.2, 0.25) is 47.3 Å². The molecule has 486 valence electrons. The Morgan fingerprint density at radius 2 is 0.918 bits per heavy atom. The molecule has 85 heavy (non-hydrogen) atoms. The molecule has 0 aromatic carbocycles. The number of ketones is 3. The number of Topliss-reactive ketones (excluding diaryl/α,β-unsaturated/α-hetero) is 3. The fourth-order valence-electron chi connectivity index (χ4n) is 11.5. The van der Waals surface area contributed by atoms with E-state index in [4.69, 9.17) is 0 Å². The minimum Gasteiger partial charge on any atom is -0.390 e. The van der Waals surface area contributed by atoms with Gasteiger partial charge in [0, 0.05) is 86.3 Å². The highest BCUT2D eigenvalue weighted by molar-refractivity contribution is 5.99. The number of allylic oxidation sites excluding steroid dienone is 2. The number of carbonyl (C=O) groups is 11. The Bertz CT molecular complexity index is 2320. The quantitative estimate of drug-likeness (QED) is 0.166. The molecule has 20 heteroatoms. The molecule has 0 unspecified atom stereocenters. The predicted octanol–water partition coefficient (Wildman–Crippen LogP) is 6.54. The molecule has 1 aliphatic heterocycles. The molecule has 1 aliphatic rings. The summed E-state index contributed by atoms with van der Waals surface area (Å²) < 4.78 is 0. The fraction of sp³-hybridized carbons (Fsp3) is 0.800. The highest BCUT2D eigenvalue weighted by Gasteiger charge is 2.45. The van der Waals surface area contributed by atoms with Gasteiger partial charge in [-0.1, -0.05) is 116 Å². The number of hydrogen-bond donors (Lipinski definition) is 2. The molecule has 12 atom stereocenters. The SMILES string of the molecule is C/C=C/C[C@@H](C)[C@@H](O)[C@@H]1C(=O)C[C@H](CC)C(=O)N(C)CC(=O)N(C)[C@@H](CC(C)C)C(=O)C[C@H](C(C)C)C(=O)N(C)[C@H](CC(C)C)C(=O)C[C@H](C)C(=O)N[C@@H](C)C(=O)N(C)[C@H](CC(C)C)C(=O)N(C)[C@H](CC(C)C)C(=O)N(C)[C@H](C(C)C)C(=O)N1C. The van der Waals surface area contributed by atoms with Gasteiger partial charge >= 0.3 is 0 Å². The Hall–Kier alpha value is -5.53. The first kappa shape index (κ1) is 77.5. The standard InChI is InChI=1S/C65H114N8O12/c1-25-27-28-43(15)58(78)57-54(76)34-46(26-2)61(81)67(18)36-55(77)68(19)48(29-37(3)4)53(75)35-47(41(11)12)62(82)69(20)49(30-38(5)6)52(74)33-44(16)59(79)66-45(17)60(80)70(21)50(31-39(7)8)63(83)71(22)51(32-40(9)10)64(84)72(23)56(42(13)14)65(85)73(57)24/h25,27,37-51,56-58,78H,26,28-36H2,1-24H3,(H,66,79)/b27-25+/t43-,44+,45+,46+,47-,48+,49-,50-,51-,56-,57+,58-/m1/s1. The van der Waals surface area contributed by atoms with Gasteiger partial charge in [-0.25, -0.2) is 0 Å². The van der Waals surface area contributed by atoms with Crippen LogP contribution < -0.4 is 5.32 Å². The third-order valence-corrected chi connectivity index (χ3v) is 17.1. The van der Waals surface area contributed by atoms with Crippen molar-refractivity contribution in [2.24, 2.45) is 59.2 Å². The summed E-state index contributed by atoms with van der Waals surface area (Å²) in [6.07, 6.45) is 2.59. The lowest BCUT2D eigenvalue weighted by Crippen LogP contribution is -2.61. The molecule has 0 aliphatic carbocycles. The van der Waals surface area contributed by atoms with Crippen molar-refractivity contribution in [3.63, 3.8) is 0 Å². The van der Waals surface area contributed by atoms with Gasteiger partial charge in [0.05, 0.1) is 24.7 Å². The van der Waals surface area contributed by atoms with E-state index in [1.54, 1.807) is 54.5 Å². The van der Waals surface area contributed by atoms with E-state index in [0.29, 0.717) is 6.42 Å². The Balaban J connectivity index is 4.32. The van der Waals surface area contributed by atoms with Gasteiger partial charge in [-0.3, -0.25) is 52.7 Å². The van der Waals surface area contributed by atoms with Crippen molar-refractivity contribution < 1.29 is 57.8 Å². The monoisotopic (exact) mass is 1200 g/mol. The van der Waals surface area contributed by atoms with E-state index in [1.807, 2.05) is 68.4 Å². The highest BCUT2D eigenvalue weighted by Crippen LogP contribution is 2.29. The number of nitrogens with zero attached hydrogens (tertiary/aromatic N) is 7. The number of aliphatic hydroxyl groups excluding tert-OH is 1. The van der Waals surface area contributed by atoms with E-state index in [1.165, 1.54) is 85.7 Å². The van der Waals surface area contributed by atoms with Crippen LogP contribution in [-0.4, -0.2) is 208 Å². The minimum atomic E-state index is -1.49. The first-order valence-corrected chi connectivity index (χ1v) is 31.2. The topological polar surface area (TPSA) is 243 Å². The van der Waals surface area contributed by atoms with E-state index in [-0.39, 0.29) is 86.1 Å². The molecule has 8 amide bonds. The molecule has 0 saturated carbocycles. The summed E-state index contributed by atoms with van der Waals surface area (Å²) in [6, 6.07) is -8.09. The van der Waals surface area contributed by atoms with Gasteiger partial charge in [-0.05, 0) is 93.8 Å². The smallest absolute Gasteiger partial charge is 0.246 e.